The van der Waals surface area contributed by atoms with Crippen molar-refractivity contribution in [1.29, 1.82) is 0 Å². The first-order chi connectivity index (χ1) is 12.8. The molecule has 0 bridgehead atoms. The monoisotopic (exact) mass is 397 g/mol. The Hall–Kier alpha value is -1.64. The fourth-order valence-electron chi connectivity index (χ4n) is 3.10. The molecule has 1 aliphatic heterocycles. The van der Waals surface area contributed by atoms with Crippen LogP contribution in [0.4, 0.5) is 5.69 Å². The van der Waals surface area contributed by atoms with Crippen LogP contribution in [0.15, 0.2) is 18.2 Å². The second-order valence-corrected chi connectivity index (χ2v) is 8.94. The Morgan fingerprint density at radius 3 is 2.63 bits per heavy atom. The van der Waals surface area contributed by atoms with Gasteiger partial charge in [-0.2, -0.15) is 0 Å². The van der Waals surface area contributed by atoms with E-state index in [9.17, 15) is 13.2 Å². The van der Waals surface area contributed by atoms with Crippen LogP contribution in [0.3, 0.4) is 0 Å². The third-order valence-corrected chi connectivity index (χ3v) is 5.83. The Balaban J connectivity index is 1.81. The molecule has 1 aromatic carbocycles. The highest BCUT2D eigenvalue weighted by atomic mass is 32.2. The highest BCUT2D eigenvalue weighted by Crippen LogP contribution is 2.24. The number of ether oxygens (including phenoxy) is 1. The van der Waals surface area contributed by atoms with Gasteiger partial charge < -0.3 is 10.1 Å². The van der Waals surface area contributed by atoms with Crippen molar-refractivity contribution in [1.82, 2.24) is 10.2 Å². The van der Waals surface area contributed by atoms with E-state index >= 15 is 0 Å². The first kappa shape index (κ1) is 21.7. The molecular formula is C19H31N3O4S. The smallest absolute Gasteiger partial charge is 0.232 e. The summed E-state index contributed by atoms with van der Waals surface area (Å²) in [7, 11) is -3.40. The van der Waals surface area contributed by atoms with Crippen molar-refractivity contribution in [3.05, 3.63) is 29.3 Å². The van der Waals surface area contributed by atoms with Gasteiger partial charge in [-0.05, 0) is 37.5 Å². The summed E-state index contributed by atoms with van der Waals surface area (Å²) in [5.74, 6) is -0.0438. The van der Waals surface area contributed by atoms with Gasteiger partial charge in [-0.25, -0.2) is 8.42 Å². The lowest BCUT2D eigenvalue weighted by atomic mass is 10.1. The minimum Gasteiger partial charge on any atom is -0.379 e. The fraction of sp³-hybridized carbons (Fsp3) is 0.632. The van der Waals surface area contributed by atoms with Crippen LogP contribution in [0, 0.1) is 13.8 Å². The van der Waals surface area contributed by atoms with Crippen molar-refractivity contribution in [2.45, 2.75) is 26.7 Å². The van der Waals surface area contributed by atoms with Crippen LogP contribution in [0.25, 0.3) is 0 Å². The highest BCUT2D eigenvalue weighted by molar-refractivity contribution is 7.92. The summed E-state index contributed by atoms with van der Waals surface area (Å²) in [6, 6.07) is 5.75. The molecule has 8 heteroatoms. The van der Waals surface area contributed by atoms with Crippen molar-refractivity contribution < 1.29 is 17.9 Å². The number of nitrogens with zero attached hydrogens (tertiary/aromatic N) is 2. The number of aryl methyl sites for hydroxylation is 2. The molecule has 152 valence electrons. The number of hydrogen-bond acceptors (Lipinski definition) is 5. The van der Waals surface area contributed by atoms with Gasteiger partial charge >= 0.3 is 0 Å². The van der Waals surface area contributed by atoms with Gasteiger partial charge in [-0.3, -0.25) is 14.0 Å². The number of morpholine rings is 1. The van der Waals surface area contributed by atoms with Crippen molar-refractivity contribution in [3.8, 4) is 0 Å². The van der Waals surface area contributed by atoms with E-state index in [1.165, 1.54) is 10.6 Å². The number of anilines is 1. The molecule has 1 fully saturated rings. The molecule has 0 aromatic heterocycles. The average molecular weight is 398 g/mol. The van der Waals surface area contributed by atoms with E-state index in [1.54, 1.807) is 0 Å². The molecule has 2 rings (SSSR count). The molecule has 0 spiro atoms. The summed E-state index contributed by atoms with van der Waals surface area (Å²) >= 11 is 0. The van der Waals surface area contributed by atoms with Crippen LogP contribution in [-0.2, 0) is 19.6 Å². The fourth-order valence-corrected chi connectivity index (χ4v) is 4.12. The Bertz CT molecular complexity index is 730. The van der Waals surface area contributed by atoms with Crippen LogP contribution in [-0.4, -0.2) is 71.4 Å². The van der Waals surface area contributed by atoms with Gasteiger partial charge in [0.2, 0.25) is 15.9 Å². The second-order valence-electron chi connectivity index (χ2n) is 7.03. The predicted octanol–water partition coefficient (Wildman–Crippen LogP) is 1.30. The molecule has 1 amide bonds. The van der Waals surface area contributed by atoms with Crippen LogP contribution in [0.2, 0.25) is 0 Å². The minimum absolute atomic E-state index is 0.0438. The maximum Gasteiger partial charge on any atom is 0.232 e. The molecule has 0 saturated carbocycles. The Kier molecular flexibility index (Phi) is 8.07. The Morgan fingerprint density at radius 2 is 1.96 bits per heavy atom. The zero-order valence-electron chi connectivity index (χ0n) is 16.5. The molecular weight excluding hydrogens is 366 g/mol. The Morgan fingerprint density at radius 1 is 1.26 bits per heavy atom. The van der Waals surface area contributed by atoms with E-state index in [4.69, 9.17) is 4.74 Å². The third-order valence-electron chi connectivity index (χ3n) is 4.65. The number of rotatable bonds is 9. The van der Waals surface area contributed by atoms with Crippen LogP contribution >= 0.6 is 0 Å². The molecule has 1 aromatic rings. The first-order valence-electron chi connectivity index (χ1n) is 9.39. The first-order valence-corrected chi connectivity index (χ1v) is 11.2. The SMILES string of the molecule is Cc1ccc(C)c(N(CCCC(=O)NCCN2CCOCC2)S(C)(=O)=O)c1. The van der Waals surface area contributed by atoms with Gasteiger partial charge in [-0.15, -0.1) is 0 Å². The molecule has 1 saturated heterocycles. The average Bonchev–Trinajstić information content (AvgIpc) is 2.61. The summed E-state index contributed by atoms with van der Waals surface area (Å²) in [6.45, 7) is 8.82. The number of nitrogens with one attached hydrogen (secondary N) is 1. The van der Waals surface area contributed by atoms with E-state index in [2.05, 4.69) is 10.2 Å². The number of benzene rings is 1. The number of amides is 1. The van der Waals surface area contributed by atoms with Crippen LogP contribution < -0.4 is 9.62 Å². The van der Waals surface area contributed by atoms with Gasteiger partial charge in [0.05, 0.1) is 25.2 Å². The standard InChI is InChI=1S/C19H31N3O4S/c1-16-6-7-17(2)18(15-16)22(27(3,24)25)9-4-5-19(23)20-8-10-21-11-13-26-14-12-21/h6-7,15H,4-5,8-14H2,1-3H3,(H,20,23). The molecule has 1 heterocycles. The van der Waals surface area contributed by atoms with Crippen molar-refractivity contribution >= 4 is 21.6 Å². The van der Waals surface area contributed by atoms with Crippen molar-refractivity contribution in [2.75, 3.05) is 56.5 Å². The van der Waals surface area contributed by atoms with E-state index in [1.807, 2.05) is 32.0 Å². The maximum atomic E-state index is 12.2. The Labute approximate surface area is 162 Å². The summed E-state index contributed by atoms with van der Waals surface area (Å²) in [4.78, 5) is 14.3. The van der Waals surface area contributed by atoms with Gasteiger partial charge in [0.15, 0.2) is 0 Å². The zero-order valence-corrected chi connectivity index (χ0v) is 17.3. The molecule has 0 unspecified atom stereocenters. The normalized spacial score (nSPS) is 15.5. The summed E-state index contributed by atoms with van der Waals surface area (Å²) in [6.07, 6.45) is 1.99. The largest absolute Gasteiger partial charge is 0.379 e. The molecule has 1 N–H and O–H groups in total. The predicted molar refractivity (Wildman–Crippen MR) is 108 cm³/mol. The molecule has 1 aliphatic rings. The molecule has 7 nitrogen and oxygen atoms in total. The lowest BCUT2D eigenvalue weighted by Crippen LogP contribution is -2.41. The summed E-state index contributed by atoms with van der Waals surface area (Å²) in [5.41, 5.74) is 2.59. The number of carbonyl (C=O) groups excluding carboxylic acids is 1. The summed E-state index contributed by atoms with van der Waals surface area (Å²) in [5, 5.41) is 2.91. The van der Waals surface area contributed by atoms with Crippen LogP contribution in [0.5, 0.6) is 0 Å². The van der Waals surface area contributed by atoms with Crippen molar-refractivity contribution in [3.63, 3.8) is 0 Å². The number of carbonyl (C=O) groups is 1. The molecule has 27 heavy (non-hydrogen) atoms. The van der Waals surface area contributed by atoms with E-state index in [0.717, 1.165) is 44.0 Å². The van der Waals surface area contributed by atoms with E-state index in [-0.39, 0.29) is 5.91 Å². The lowest BCUT2D eigenvalue weighted by molar-refractivity contribution is -0.121. The van der Waals surface area contributed by atoms with Gasteiger partial charge in [0, 0.05) is 39.1 Å². The number of sulfonamides is 1. The second kappa shape index (κ2) is 10.1. The maximum absolute atomic E-state index is 12.2. The van der Waals surface area contributed by atoms with Crippen LogP contribution in [0.1, 0.15) is 24.0 Å². The summed E-state index contributed by atoms with van der Waals surface area (Å²) < 4.78 is 31.2. The molecule has 0 aliphatic carbocycles. The molecule has 0 radical (unpaired) electrons. The lowest BCUT2D eigenvalue weighted by Gasteiger charge is -2.26. The van der Waals surface area contributed by atoms with E-state index < -0.39 is 10.0 Å². The quantitative estimate of drug-likeness (QED) is 0.679. The third kappa shape index (κ3) is 7.12. The van der Waals surface area contributed by atoms with Gasteiger partial charge in [-0.1, -0.05) is 12.1 Å². The molecule has 0 atom stereocenters. The minimum atomic E-state index is -3.40. The van der Waals surface area contributed by atoms with Gasteiger partial charge in [0.1, 0.15) is 0 Å². The van der Waals surface area contributed by atoms with Crippen molar-refractivity contribution in [2.24, 2.45) is 0 Å². The topological polar surface area (TPSA) is 79.0 Å². The highest BCUT2D eigenvalue weighted by Gasteiger charge is 2.19. The van der Waals surface area contributed by atoms with Gasteiger partial charge in [0.25, 0.3) is 0 Å². The number of hydrogen-bond donors (Lipinski definition) is 1. The van der Waals surface area contributed by atoms with E-state index in [0.29, 0.717) is 31.6 Å². The zero-order chi connectivity index (χ0) is 19.9.